The average Bonchev–Trinajstić information content (AvgIpc) is 2.38. The third-order valence-electron chi connectivity index (χ3n) is 3.46. The van der Waals surface area contributed by atoms with Crippen LogP contribution in [0.15, 0.2) is 22.7 Å². The van der Waals surface area contributed by atoms with Gasteiger partial charge in [0.25, 0.3) is 5.91 Å². The van der Waals surface area contributed by atoms with Gasteiger partial charge in [-0.2, -0.15) is 0 Å². The first-order valence-electron chi connectivity index (χ1n) is 6.28. The number of likely N-dealkylation sites (tertiary alicyclic amines) is 1. The molecule has 98 valence electrons. The fourth-order valence-corrected chi connectivity index (χ4v) is 2.74. The van der Waals surface area contributed by atoms with Crippen LogP contribution in [0.4, 0.5) is 0 Å². The van der Waals surface area contributed by atoms with Gasteiger partial charge in [0, 0.05) is 17.1 Å². The van der Waals surface area contributed by atoms with E-state index in [1.807, 2.05) is 23.1 Å². The molecule has 1 aliphatic rings. The van der Waals surface area contributed by atoms with Crippen molar-refractivity contribution in [1.29, 1.82) is 0 Å². The molecule has 3 nitrogen and oxygen atoms in total. The van der Waals surface area contributed by atoms with Crippen LogP contribution in [0.5, 0.6) is 5.75 Å². The molecule has 1 aromatic carbocycles. The molecular weight excluding hydrogens is 294 g/mol. The van der Waals surface area contributed by atoms with Gasteiger partial charge >= 0.3 is 0 Å². The van der Waals surface area contributed by atoms with Gasteiger partial charge in [0.05, 0.1) is 12.7 Å². The number of ether oxygens (including phenoxy) is 1. The lowest BCUT2D eigenvalue weighted by Gasteiger charge is -2.33. The SMILES string of the molecule is COc1cc(Br)ccc1C(=O)N1CCCCC1C. The van der Waals surface area contributed by atoms with Crippen molar-refractivity contribution in [1.82, 2.24) is 4.90 Å². The van der Waals surface area contributed by atoms with Gasteiger partial charge in [0.2, 0.25) is 0 Å². The van der Waals surface area contributed by atoms with E-state index in [-0.39, 0.29) is 5.91 Å². The molecule has 0 bridgehead atoms. The molecule has 1 atom stereocenters. The molecule has 1 heterocycles. The summed E-state index contributed by atoms with van der Waals surface area (Å²) < 4.78 is 6.21. The van der Waals surface area contributed by atoms with Gasteiger partial charge in [-0.1, -0.05) is 15.9 Å². The second-order valence-corrected chi connectivity index (χ2v) is 5.60. The van der Waals surface area contributed by atoms with E-state index in [0.29, 0.717) is 17.4 Å². The summed E-state index contributed by atoms with van der Waals surface area (Å²) in [5.74, 6) is 0.707. The van der Waals surface area contributed by atoms with Crippen LogP contribution in [0.2, 0.25) is 0 Å². The number of hydrogen-bond acceptors (Lipinski definition) is 2. The van der Waals surface area contributed by atoms with Crippen molar-refractivity contribution in [3.63, 3.8) is 0 Å². The molecule has 0 aromatic heterocycles. The fraction of sp³-hybridized carbons (Fsp3) is 0.500. The summed E-state index contributed by atoms with van der Waals surface area (Å²) in [6.45, 7) is 2.96. The Morgan fingerprint density at radius 2 is 2.22 bits per heavy atom. The van der Waals surface area contributed by atoms with Gasteiger partial charge in [-0.05, 0) is 44.4 Å². The van der Waals surface area contributed by atoms with E-state index in [1.165, 1.54) is 6.42 Å². The Balaban J connectivity index is 2.27. The normalized spacial score (nSPS) is 19.7. The van der Waals surface area contributed by atoms with Gasteiger partial charge in [0.1, 0.15) is 5.75 Å². The molecule has 0 aliphatic carbocycles. The Bertz CT molecular complexity index is 447. The molecule has 0 saturated carbocycles. The van der Waals surface area contributed by atoms with E-state index < -0.39 is 0 Å². The maximum Gasteiger partial charge on any atom is 0.257 e. The van der Waals surface area contributed by atoms with Crippen molar-refractivity contribution in [2.45, 2.75) is 32.2 Å². The van der Waals surface area contributed by atoms with Gasteiger partial charge in [0.15, 0.2) is 0 Å². The quantitative estimate of drug-likeness (QED) is 0.837. The summed E-state index contributed by atoms with van der Waals surface area (Å²) in [7, 11) is 1.60. The van der Waals surface area contributed by atoms with Crippen LogP contribution in [0.1, 0.15) is 36.5 Å². The van der Waals surface area contributed by atoms with E-state index in [1.54, 1.807) is 7.11 Å². The van der Waals surface area contributed by atoms with Crippen LogP contribution in [0, 0.1) is 0 Å². The Hall–Kier alpha value is -1.03. The van der Waals surface area contributed by atoms with Crippen molar-refractivity contribution in [2.24, 2.45) is 0 Å². The number of carbonyl (C=O) groups excluding carboxylic acids is 1. The van der Waals surface area contributed by atoms with Crippen LogP contribution in [-0.2, 0) is 0 Å². The van der Waals surface area contributed by atoms with Gasteiger partial charge in [-0.15, -0.1) is 0 Å². The third kappa shape index (κ3) is 2.69. The predicted molar refractivity (Wildman–Crippen MR) is 75.0 cm³/mol. The highest BCUT2D eigenvalue weighted by Crippen LogP contribution is 2.27. The summed E-state index contributed by atoms with van der Waals surface area (Å²) in [4.78, 5) is 14.5. The fourth-order valence-electron chi connectivity index (χ4n) is 2.40. The molecule has 1 fully saturated rings. The standard InChI is InChI=1S/C14H18BrNO2/c1-10-5-3-4-8-16(10)14(17)12-7-6-11(15)9-13(12)18-2/h6-7,9-10H,3-5,8H2,1-2H3. The Morgan fingerprint density at radius 3 is 2.89 bits per heavy atom. The summed E-state index contributed by atoms with van der Waals surface area (Å²) >= 11 is 3.39. The molecule has 0 N–H and O–H groups in total. The molecule has 0 spiro atoms. The van der Waals surface area contributed by atoms with Crippen molar-refractivity contribution in [3.05, 3.63) is 28.2 Å². The minimum atomic E-state index is 0.0755. The first kappa shape index (κ1) is 13.4. The highest BCUT2D eigenvalue weighted by molar-refractivity contribution is 9.10. The Kier molecular flexibility index (Phi) is 4.27. The van der Waals surface area contributed by atoms with Crippen molar-refractivity contribution >= 4 is 21.8 Å². The first-order chi connectivity index (χ1) is 8.63. The van der Waals surface area contributed by atoms with Crippen LogP contribution in [0.25, 0.3) is 0 Å². The topological polar surface area (TPSA) is 29.5 Å². The highest BCUT2D eigenvalue weighted by atomic mass is 79.9. The summed E-state index contributed by atoms with van der Waals surface area (Å²) in [6.07, 6.45) is 3.39. The van der Waals surface area contributed by atoms with E-state index in [0.717, 1.165) is 23.9 Å². The number of nitrogens with zero attached hydrogens (tertiary/aromatic N) is 1. The zero-order valence-electron chi connectivity index (χ0n) is 10.8. The lowest BCUT2D eigenvalue weighted by molar-refractivity contribution is 0.0632. The lowest BCUT2D eigenvalue weighted by Crippen LogP contribution is -2.42. The largest absolute Gasteiger partial charge is 0.496 e. The van der Waals surface area contributed by atoms with Crippen LogP contribution >= 0.6 is 15.9 Å². The molecule has 1 aliphatic heterocycles. The number of halogens is 1. The molecule has 1 amide bonds. The zero-order chi connectivity index (χ0) is 13.1. The van der Waals surface area contributed by atoms with E-state index in [4.69, 9.17) is 4.74 Å². The molecule has 0 radical (unpaired) electrons. The molecule has 4 heteroatoms. The lowest BCUT2D eigenvalue weighted by atomic mass is 10.0. The van der Waals surface area contributed by atoms with Crippen molar-refractivity contribution in [3.8, 4) is 5.75 Å². The molecule has 1 unspecified atom stereocenters. The predicted octanol–water partition coefficient (Wildman–Crippen LogP) is 3.47. The number of methoxy groups -OCH3 is 1. The third-order valence-corrected chi connectivity index (χ3v) is 3.95. The Labute approximate surface area is 116 Å². The molecular formula is C14H18BrNO2. The molecule has 2 rings (SSSR count). The van der Waals surface area contributed by atoms with Crippen LogP contribution in [0.3, 0.4) is 0 Å². The number of rotatable bonds is 2. The maximum absolute atomic E-state index is 12.5. The van der Waals surface area contributed by atoms with Crippen LogP contribution < -0.4 is 4.74 Å². The van der Waals surface area contributed by atoms with Crippen molar-refractivity contribution < 1.29 is 9.53 Å². The Morgan fingerprint density at radius 1 is 1.44 bits per heavy atom. The van der Waals surface area contributed by atoms with E-state index in [9.17, 15) is 4.79 Å². The minimum Gasteiger partial charge on any atom is -0.496 e. The summed E-state index contributed by atoms with van der Waals surface area (Å²) in [5.41, 5.74) is 0.648. The van der Waals surface area contributed by atoms with Gasteiger partial charge < -0.3 is 9.64 Å². The number of amides is 1. The number of hydrogen-bond donors (Lipinski definition) is 0. The maximum atomic E-state index is 12.5. The molecule has 18 heavy (non-hydrogen) atoms. The minimum absolute atomic E-state index is 0.0755. The summed E-state index contributed by atoms with van der Waals surface area (Å²) in [5, 5.41) is 0. The average molecular weight is 312 g/mol. The molecule has 1 aromatic rings. The van der Waals surface area contributed by atoms with E-state index >= 15 is 0 Å². The van der Waals surface area contributed by atoms with Crippen molar-refractivity contribution in [2.75, 3.05) is 13.7 Å². The monoisotopic (exact) mass is 311 g/mol. The number of piperidine rings is 1. The smallest absolute Gasteiger partial charge is 0.257 e. The first-order valence-corrected chi connectivity index (χ1v) is 7.07. The second kappa shape index (κ2) is 5.74. The van der Waals surface area contributed by atoms with Crippen LogP contribution in [-0.4, -0.2) is 30.5 Å². The highest BCUT2D eigenvalue weighted by Gasteiger charge is 2.26. The van der Waals surface area contributed by atoms with Gasteiger partial charge in [-0.25, -0.2) is 0 Å². The van der Waals surface area contributed by atoms with Gasteiger partial charge in [-0.3, -0.25) is 4.79 Å². The van der Waals surface area contributed by atoms with E-state index in [2.05, 4.69) is 22.9 Å². The number of carbonyl (C=O) groups is 1. The zero-order valence-corrected chi connectivity index (χ0v) is 12.4. The molecule has 1 saturated heterocycles. The summed E-state index contributed by atoms with van der Waals surface area (Å²) in [6, 6.07) is 5.86. The number of benzene rings is 1. The second-order valence-electron chi connectivity index (χ2n) is 4.69.